The van der Waals surface area contributed by atoms with Crippen LogP contribution in [0.2, 0.25) is 0 Å². The van der Waals surface area contributed by atoms with Gasteiger partial charge in [0.1, 0.15) is 0 Å². The van der Waals surface area contributed by atoms with E-state index < -0.39 is 0 Å². The Hall–Kier alpha value is -0.120. The standard InChI is InChI=1S/C17H37N3/c1-5-20-13-9-17(10-14-20)19(4)12-8-6-7-11-18-15-16(2)3/h16-18H,5-15H2,1-4H3. The van der Waals surface area contributed by atoms with Gasteiger partial charge in [0, 0.05) is 6.04 Å². The molecule has 0 saturated carbocycles. The van der Waals surface area contributed by atoms with E-state index in [1.165, 1.54) is 64.8 Å². The topological polar surface area (TPSA) is 18.5 Å². The second-order valence-electron chi connectivity index (χ2n) is 6.80. The van der Waals surface area contributed by atoms with Crippen molar-refractivity contribution >= 4 is 0 Å². The van der Waals surface area contributed by atoms with Crippen LogP contribution in [-0.2, 0) is 0 Å². The maximum absolute atomic E-state index is 3.53. The van der Waals surface area contributed by atoms with Crippen molar-refractivity contribution in [3.63, 3.8) is 0 Å². The first-order chi connectivity index (χ1) is 9.63. The van der Waals surface area contributed by atoms with Crippen LogP contribution in [-0.4, -0.2) is 62.2 Å². The van der Waals surface area contributed by atoms with Gasteiger partial charge in [-0.2, -0.15) is 0 Å². The molecule has 3 nitrogen and oxygen atoms in total. The normalized spacial score (nSPS) is 18.3. The Morgan fingerprint density at radius 1 is 1.15 bits per heavy atom. The first-order valence-electron chi connectivity index (χ1n) is 8.76. The third-order valence-corrected chi connectivity index (χ3v) is 4.54. The lowest BCUT2D eigenvalue weighted by molar-refractivity contribution is 0.130. The number of piperidine rings is 1. The van der Waals surface area contributed by atoms with Crippen LogP contribution in [0.4, 0.5) is 0 Å². The van der Waals surface area contributed by atoms with E-state index >= 15 is 0 Å². The Labute approximate surface area is 127 Å². The summed E-state index contributed by atoms with van der Waals surface area (Å²) < 4.78 is 0. The fraction of sp³-hybridized carbons (Fsp3) is 1.00. The maximum Gasteiger partial charge on any atom is 0.0117 e. The molecule has 0 spiro atoms. The zero-order valence-corrected chi connectivity index (χ0v) is 14.3. The smallest absolute Gasteiger partial charge is 0.0117 e. The second kappa shape index (κ2) is 10.6. The molecule has 0 amide bonds. The lowest BCUT2D eigenvalue weighted by Crippen LogP contribution is -2.43. The second-order valence-corrected chi connectivity index (χ2v) is 6.80. The van der Waals surface area contributed by atoms with E-state index in [0.717, 1.165) is 18.5 Å². The van der Waals surface area contributed by atoms with Crippen molar-refractivity contribution in [3.05, 3.63) is 0 Å². The van der Waals surface area contributed by atoms with Crippen LogP contribution >= 0.6 is 0 Å². The fourth-order valence-corrected chi connectivity index (χ4v) is 3.04. The van der Waals surface area contributed by atoms with E-state index in [1.807, 2.05) is 0 Å². The summed E-state index contributed by atoms with van der Waals surface area (Å²) in [7, 11) is 2.32. The number of hydrogen-bond acceptors (Lipinski definition) is 3. The van der Waals surface area contributed by atoms with Crippen LogP contribution in [0.1, 0.15) is 52.9 Å². The van der Waals surface area contributed by atoms with Gasteiger partial charge in [-0.3, -0.25) is 0 Å². The minimum Gasteiger partial charge on any atom is -0.316 e. The SMILES string of the molecule is CCN1CCC(N(C)CCCCCNCC(C)C)CC1. The van der Waals surface area contributed by atoms with Gasteiger partial charge in [0.15, 0.2) is 0 Å². The molecule has 1 fully saturated rings. The summed E-state index contributed by atoms with van der Waals surface area (Å²) in [6, 6.07) is 0.830. The van der Waals surface area contributed by atoms with E-state index in [9.17, 15) is 0 Å². The highest BCUT2D eigenvalue weighted by Crippen LogP contribution is 2.15. The molecule has 0 unspecified atom stereocenters. The zero-order chi connectivity index (χ0) is 14.8. The third kappa shape index (κ3) is 7.61. The van der Waals surface area contributed by atoms with Gasteiger partial charge >= 0.3 is 0 Å². The Kier molecular flexibility index (Phi) is 9.49. The molecule has 0 aliphatic carbocycles. The molecule has 0 bridgehead atoms. The molecule has 0 aromatic rings. The van der Waals surface area contributed by atoms with E-state index in [4.69, 9.17) is 0 Å². The maximum atomic E-state index is 3.53. The molecule has 120 valence electrons. The first-order valence-corrected chi connectivity index (χ1v) is 8.76. The summed E-state index contributed by atoms with van der Waals surface area (Å²) in [5, 5.41) is 3.53. The van der Waals surface area contributed by atoms with Gasteiger partial charge in [-0.05, 0) is 77.9 Å². The molecule has 1 saturated heterocycles. The number of unbranched alkanes of at least 4 members (excludes halogenated alkanes) is 2. The minimum atomic E-state index is 0.773. The number of likely N-dealkylation sites (tertiary alicyclic amines) is 1. The van der Waals surface area contributed by atoms with Gasteiger partial charge in [0.2, 0.25) is 0 Å². The Morgan fingerprint density at radius 3 is 2.45 bits per heavy atom. The minimum absolute atomic E-state index is 0.773. The predicted octanol–water partition coefficient (Wildman–Crippen LogP) is 2.82. The van der Waals surface area contributed by atoms with Gasteiger partial charge in [0.05, 0.1) is 0 Å². The fourth-order valence-electron chi connectivity index (χ4n) is 3.04. The van der Waals surface area contributed by atoms with Gasteiger partial charge in [-0.25, -0.2) is 0 Å². The van der Waals surface area contributed by atoms with Crippen LogP contribution in [0.3, 0.4) is 0 Å². The molecule has 0 aromatic carbocycles. The number of nitrogens with one attached hydrogen (secondary N) is 1. The van der Waals surface area contributed by atoms with Gasteiger partial charge in [-0.1, -0.05) is 27.2 Å². The van der Waals surface area contributed by atoms with Crippen molar-refractivity contribution in [1.29, 1.82) is 0 Å². The summed E-state index contributed by atoms with van der Waals surface area (Å²) in [6.07, 6.45) is 6.77. The van der Waals surface area contributed by atoms with Crippen molar-refractivity contribution in [2.24, 2.45) is 5.92 Å². The molecule has 20 heavy (non-hydrogen) atoms. The lowest BCUT2D eigenvalue weighted by atomic mass is 10.0. The summed E-state index contributed by atoms with van der Waals surface area (Å²) in [6.45, 7) is 14.3. The molecule has 0 atom stereocenters. The lowest BCUT2D eigenvalue weighted by Gasteiger charge is -2.36. The molecule has 3 heteroatoms. The molecule has 1 N–H and O–H groups in total. The van der Waals surface area contributed by atoms with E-state index in [0.29, 0.717) is 0 Å². The zero-order valence-electron chi connectivity index (χ0n) is 14.3. The van der Waals surface area contributed by atoms with Gasteiger partial charge in [-0.15, -0.1) is 0 Å². The van der Waals surface area contributed by atoms with Crippen molar-refractivity contribution in [2.45, 2.75) is 58.9 Å². The number of hydrogen-bond donors (Lipinski definition) is 1. The van der Waals surface area contributed by atoms with Crippen LogP contribution in [0, 0.1) is 5.92 Å². The van der Waals surface area contributed by atoms with Gasteiger partial charge in [0.25, 0.3) is 0 Å². The summed E-state index contributed by atoms with van der Waals surface area (Å²) in [4.78, 5) is 5.18. The highest BCUT2D eigenvalue weighted by Gasteiger charge is 2.20. The highest BCUT2D eigenvalue weighted by molar-refractivity contribution is 4.77. The first kappa shape index (κ1) is 17.9. The van der Waals surface area contributed by atoms with E-state index in [2.05, 4.69) is 42.9 Å². The average Bonchev–Trinajstić information content (AvgIpc) is 2.45. The Balaban J connectivity index is 1.96. The quantitative estimate of drug-likeness (QED) is 0.622. The van der Waals surface area contributed by atoms with Crippen molar-refractivity contribution in [3.8, 4) is 0 Å². The van der Waals surface area contributed by atoms with Gasteiger partial charge < -0.3 is 15.1 Å². The molecule has 1 heterocycles. The summed E-state index contributed by atoms with van der Waals surface area (Å²) in [5.74, 6) is 0.773. The molecule has 1 aliphatic heterocycles. The van der Waals surface area contributed by atoms with Crippen molar-refractivity contribution in [1.82, 2.24) is 15.1 Å². The largest absolute Gasteiger partial charge is 0.316 e. The number of nitrogens with zero attached hydrogens (tertiary/aromatic N) is 2. The predicted molar refractivity (Wildman–Crippen MR) is 89.3 cm³/mol. The number of rotatable bonds is 10. The Morgan fingerprint density at radius 2 is 1.85 bits per heavy atom. The summed E-state index contributed by atoms with van der Waals surface area (Å²) in [5.41, 5.74) is 0. The molecule has 0 aromatic heterocycles. The van der Waals surface area contributed by atoms with E-state index in [-0.39, 0.29) is 0 Å². The van der Waals surface area contributed by atoms with Crippen LogP contribution in [0.25, 0.3) is 0 Å². The van der Waals surface area contributed by atoms with Crippen molar-refractivity contribution < 1.29 is 0 Å². The Bertz CT molecular complexity index is 222. The molecular formula is C17H37N3. The molecule has 1 rings (SSSR count). The van der Waals surface area contributed by atoms with Crippen LogP contribution in [0.15, 0.2) is 0 Å². The molecule has 1 aliphatic rings. The van der Waals surface area contributed by atoms with Crippen molar-refractivity contribution in [2.75, 3.05) is 46.3 Å². The average molecular weight is 284 g/mol. The van der Waals surface area contributed by atoms with E-state index in [1.54, 1.807) is 0 Å². The highest BCUT2D eigenvalue weighted by atomic mass is 15.2. The third-order valence-electron chi connectivity index (χ3n) is 4.54. The molecular weight excluding hydrogens is 246 g/mol. The summed E-state index contributed by atoms with van der Waals surface area (Å²) >= 11 is 0. The monoisotopic (exact) mass is 283 g/mol. The molecule has 0 radical (unpaired) electrons. The van der Waals surface area contributed by atoms with Crippen LogP contribution in [0.5, 0.6) is 0 Å². The van der Waals surface area contributed by atoms with Crippen LogP contribution < -0.4 is 5.32 Å².